The van der Waals surface area contributed by atoms with Crippen molar-refractivity contribution >= 4 is 35.1 Å². The molecule has 3 heterocycles. The van der Waals surface area contributed by atoms with Crippen molar-refractivity contribution in [2.75, 3.05) is 20.1 Å². The lowest BCUT2D eigenvalue weighted by molar-refractivity contribution is -0.146. The zero-order valence-electron chi connectivity index (χ0n) is 13.3. The lowest BCUT2D eigenvalue weighted by Gasteiger charge is -2.45. The molecule has 1 amide bonds. The molecule has 0 aliphatic carbocycles. The van der Waals surface area contributed by atoms with E-state index >= 15 is 0 Å². The van der Waals surface area contributed by atoms with Crippen LogP contribution in [0, 0.1) is 5.92 Å². The van der Waals surface area contributed by atoms with Crippen LogP contribution in [0.2, 0.25) is 10.0 Å². The van der Waals surface area contributed by atoms with Gasteiger partial charge in [0.1, 0.15) is 0 Å². The molecule has 0 aromatic carbocycles. The molecule has 2 fully saturated rings. The van der Waals surface area contributed by atoms with Crippen molar-refractivity contribution in [1.82, 2.24) is 14.8 Å². The minimum Gasteiger partial charge on any atom is -0.481 e. The van der Waals surface area contributed by atoms with Crippen LogP contribution in [-0.4, -0.2) is 57.4 Å². The van der Waals surface area contributed by atoms with Gasteiger partial charge in [0.2, 0.25) is 5.91 Å². The van der Waals surface area contributed by atoms with Crippen LogP contribution < -0.4 is 0 Å². The van der Waals surface area contributed by atoms with Gasteiger partial charge in [-0.15, -0.1) is 0 Å². The van der Waals surface area contributed by atoms with Crippen LogP contribution in [0.25, 0.3) is 0 Å². The maximum Gasteiger partial charge on any atom is 0.309 e. The molecule has 2 saturated heterocycles. The van der Waals surface area contributed by atoms with Crippen LogP contribution in [0.5, 0.6) is 0 Å². The van der Waals surface area contributed by atoms with Crippen molar-refractivity contribution in [3.8, 4) is 0 Å². The largest absolute Gasteiger partial charge is 0.481 e. The number of likely N-dealkylation sites (tertiary alicyclic amines) is 2. The van der Waals surface area contributed by atoms with Crippen LogP contribution in [0.4, 0.5) is 0 Å². The summed E-state index contributed by atoms with van der Waals surface area (Å²) in [4.78, 5) is 31.4. The highest BCUT2D eigenvalue weighted by atomic mass is 35.5. The average molecular weight is 372 g/mol. The van der Waals surface area contributed by atoms with Crippen LogP contribution in [-0.2, 0) is 16.1 Å². The van der Waals surface area contributed by atoms with E-state index in [-0.39, 0.29) is 12.3 Å². The number of amides is 1. The van der Waals surface area contributed by atoms with Gasteiger partial charge in [-0.2, -0.15) is 0 Å². The van der Waals surface area contributed by atoms with Gasteiger partial charge in [-0.3, -0.25) is 19.5 Å². The molecule has 2 aliphatic rings. The number of aromatic nitrogens is 1. The summed E-state index contributed by atoms with van der Waals surface area (Å²) in [6, 6.07) is 0. The van der Waals surface area contributed by atoms with E-state index in [2.05, 4.69) is 9.88 Å². The first-order chi connectivity index (χ1) is 11.3. The molecule has 1 unspecified atom stereocenters. The molecule has 24 heavy (non-hydrogen) atoms. The minimum atomic E-state index is -0.888. The summed E-state index contributed by atoms with van der Waals surface area (Å²) in [6.45, 7) is 1.97. The van der Waals surface area contributed by atoms with Gasteiger partial charge in [0.05, 0.1) is 21.5 Å². The van der Waals surface area contributed by atoms with Crippen LogP contribution >= 0.6 is 23.2 Å². The zero-order chi connectivity index (χ0) is 17.5. The number of carbonyl (C=O) groups is 2. The van der Waals surface area contributed by atoms with E-state index in [0.717, 1.165) is 5.56 Å². The molecule has 0 saturated carbocycles. The molecule has 3 rings (SSSR count). The number of nitrogens with zero attached hydrogens (tertiary/aromatic N) is 3. The predicted molar refractivity (Wildman–Crippen MR) is 90.0 cm³/mol. The van der Waals surface area contributed by atoms with E-state index in [1.165, 1.54) is 0 Å². The molecule has 1 aromatic rings. The predicted octanol–water partition coefficient (Wildman–Crippen LogP) is 2.29. The van der Waals surface area contributed by atoms with E-state index < -0.39 is 17.4 Å². The Morgan fingerprint density at radius 2 is 1.92 bits per heavy atom. The first-order valence-corrected chi connectivity index (χ1v) is 8.60. The Morgan fingerprint density at radius 1 is 1.33 bits per heavy atom. The number of halogens is 2. The molecule has 1 aromatic heterocycles. The number of rotatable bonds is 3. The molecule has 0 radical (unpaired) electrons. The maximum atomic E-state index is 12.0. The molecule has 0 bridgehead atoms. The van der Waals surface area contributed by atoms with Crippen LogP contribution in [0.15, 0.2) is 12.4 Å². The first-order valence-electron chi connectivity index (χ1n) is 7.85. The van der Waals surface area contributed by atoms with Crippen molar-refractivity contribution in [2.45, 2.75) is 31.3 Å². The SMILES string of the molecule is CN1C(=O)CC(C(=O)O)C12CCN(Cc1c(Cl)cncc1Cl)CC2. The molecule has 8 heteroatoms. The Bertz CT molecular complexity index is 654. The summed E-state index contributed by atoms with van der Waals surface area (Å²) in [5.74, 6) is -1.61. The number of pyridine rings is 1. The van der Waals surface area contributed by atoms with Gasteiger partial charge in [0.15, 0.2) is 0 Å². The number of carboxylic acids is 1. The standard InChI is InChI=1S/C16H19Cl2N3O3/c1-20-14(22)6-11(15(23)24)16(20)2-4-21(5-3-16)9-10-12(17)7-19-8-13(10)18/h7-8,11H,2-6,9H2,1H3,(H,23,24). The van der Waals surface area contributed by atoms with E-state index in [4.69, 9.17) is 23.2 Å². The summed E-state index contributed by atoms with van der Waals surface area (Å²) in [5.41, 5.74) is 0.251. The fourth-order valence-electron chi connectivity index (χ4n) is 3.90. The summed E-state index contributed by atoms with van der Waals surface area (Å²) in [6.07, 6.45) is 4.49. The van der Waals surface area contributed by atoms with Gasteiger partial charge >= 0.3 is 5.97 Å². The molecule has 1 N–H and O–H groups in total. The lowest BCUT2D eigenvalue weighted by Crippen LogP contribution is -2.55. The third kappa shape index (κ3) is 2.87. The second kappa shape index (κ2) is 6.50. The van der Waals surface area contributed by atoms with Gasteiger partial charge in [-0.25, -0.2) is 0 Å². The fraction of sp³-hybridized carbons (Fsp3) is 0.562. The monoisotopic (exact) mass is 371 g/mol. The van der Waals surface area contributed by atoms with E-state index in [1.807, 2.05) is 0 Å². The fourth-order valence-corrected chi connectivity index (χ4v) is 4.38. The first kappa shape index (κ1) is 17.5. The van der Waals surface area contributed by atoms with E-state index in [0.29, 0.717) is 42.5 Å². The number of carbonyl (C=O) groups excluding carboxylic acids is 1. The smallest absolute Gasteiger partial charge is 0.309 e. The molecule has 1 atom stereocenters. The third-order valence-corrected chi connectivity index (χ3v) is 6.07. The topological polar surface area (TPSA) is 73.7 Å². The van der Waals surface area contributed by atoms with Gasteiger partial charge in [0, 0.05) is 51.1 Å². The second-order valence-corrected chi connectivity index (χ2v) is 7.32. The Labute approximate surface area is 150 Å². The number of piperidine rings is 1. The zero-order valence-corrected chi connectivity index (χ0v) is 14.8. The van der Waals surface area contributed by atoms with Crippen molar-refractivity contribution in [1.29, 1.82) is 0 Å². The van der Waals surface area contributed by atoms with Crippen LogP contribution in [0.1, 0.15) is 24.8 Å². The lowest BCUT2D eigenvalue weighted by atomic mass is 9.77. The number of hydrogen-bond donors (Lipinski definition) is 1. The Hall–Kier alpha value is -1.37. The van der Waals surface area contributed by atoms with Crippen molar-refractivity contribution in [3.63, 3.8) is 0 Å². The molecular formula is C16H19Cl2N3O3. The maximum absolute atomic E-state index is 12.0. The van der Waals surface area contributed by atoms with Crippen molar-refractivity contribution in [2.24, 2.45) is 5.92 Å². The third-order valence-electron chi connectivity index (χ3n) is 5.42. The second-order valence-electron chi connectivity index (χ2n) is 6.51. The molecule has 2 aliphatic heterocycles. The summed E-state index contributed by atoms with van der Waals surface area (Å²) < 4.78 is 0. The number of carboxylic acid groups (broad SMARTS) is 1. The van der Waals surface area contributed by atoms with Gasteiger partial charge in [0.25, 0.3) is 0 Å². The summed E-state index contributed by atoms with van der Waals surface area (Å²) in [5, 5.41) is 10.6. The Balaban J connectivity index is 1.73. The molecular weight excluding hydrogens is 353 g/mol. The Morgan fingerprint density at radius 3 is 2.46 bits per heavy atom. The van der Waals surface area contributed by atoms with E-state index in [9.17, 15) is 14.7 Å². The van der Waals surface area contributed by atoms with Gasteiger partial charge < -0.3 is 10.0 Å². The van der Waals surface area contributed by atoms with Crippen LogP contribution in [0.3, 0.4) is 0 Å². The molecule has 1 spiro atoms. The highest BCUT2D eigenvalue weighted by Gasteiger charge is 2.55. The minimum absolute atomic E-state index is 0.0870. The van der Waals surface area contributed by atoms with Crippen molar-refractivity contribution in [3.05, 3.63) is 28.0 Å². The highest BCUT2D eigenvalue weighted by Crippen LogP contribution is 2.43. The quantitative estimate of drug-likeness (QED) is 0.881. The summed E-state index contributed by atoms with van der Waals surface area (Å²) >= 11 is 12.3. The van der Waals surface area contributed by atoms with Crippen molar-refractivity contribution < 1.29 is 14.7 Å². The van der Waals surface area contributed by atoms with Gasteiger partial charge in [-0.1, -0.05) is 23.2 Å². The summed E-state index contributed by atoms with van der Waals surface area (Å²) in [7, 11) is 1.72. The molecule has 130 valence electrons. The Kier molecular flexibility index (Phi) is 4.73. The number of aliphatic carboxylic acids is 1. The average Bonchev–Trinajstić information content (AvgIpc) is 2.78. The number of hydrogen-bond acceptors (Lipinski definition) is 4. The van der Waals surface area contributed by atoms with E-state index in [1.54, 1.807) is 24.3 Å². The van der Waals surface area contributed by atoms with Gasteiger partial charge in [-0.05, 0) is 12.8 Å². The normalized spacial score (nSPS) is 23.9. The molecule has 6 nitrogen and oxygen atoms in total. The highest BCUT2D eigenvalue weighted by molar-refractivity contribution is 6.35.